The summed E-state index contributed by atoms with van der Waals surface area (Å²) in [6, 6.07) is 0. The van der Waals surface area contributed by atoms with Crippen molar-refractivity contribution in [1.82, 2.24) is 0 Å². The average molecular weight is 305 g/mol. The fourth-order valence-electron chi connectivity index (χ4n) is 1.74. The van der Waals surface area contributed by atoms with E-state index >= 15 is 0 Å². The topological polar surface area (TPSA) is 84.9 Å². The molecule has 0 radical (unpaired) electrons. The van der Waals surface area contributed by atoms with Crippen LogP contribution in [0.5, 0.6) is 0 Å². The summed E-state index contributed by atoms with van der Waals surface area (Å²) in [6.45, 7) is 3.98. The molecule has 1 aliphatic rings. The molecule has 4 atom stereocenters. The number of terminal acetylenes is 1. The number of hydrogen-bond donors (Lipinski definition) is 3. The van der Waals surface area contributed by atoms with Crippen molar-refractivity contribution in [1.29, 1.82) is 0 Å². The molecule has 0 aromatic rings. The van der Waals surface area contributed by atoms with Gasteiger partial charge in [-0.2, -0.15) is 11.8 Å². The highest BCUT2D eigenvalue weighted by molar-refractivity contribution is 7.99. The van der Waals surface area contributed by atoms with Crippen molar-refractivity contribution < 1.29 is 19.7 Å². The lowest BCUT2D eigenvalue weighted by atomic mass is 10.0. The van der Waals surface area contributed by atoms with Crippen LogP contribution in [0, 0.1) is 12.8 Å². The Morgan fingerprint density at radius 2 is 2.00 bits per heavy atom. The third kappa shape index (κ3) is 7.48. The molecule has 1 saturated heterocycles. The van der Waals surface area contributed by atoms with Gasteiger partial charge >= 0.3 is 0 Å². The molecule has 0 aromatic carbocycles. The van der Waals surface area contributed by atoms with Crippen LogP contribution >= 0.6 is 11.8 Å². The maximum absolute atomic E-state index is 9.84. The van der Waals surface area contributed by atoms with Crippen LogP contribution < -0.4 is 5.73 Å². The van der Waals surface area contributed by atoms with E-state index in [4.69, 9.17) is 15.2 Å². The standard InChI is InChI=1S/C12H25NO4S.C2H2/c1-12(2,13)4-5-18-7-9-11(15)8(14)6-10(16-3)17-9;1-2/h8-11,14-15H,4-7,13H2,1-3H3;1-2H/t8?,9?,10-,11-;/m0./s1. The first kappa shape index (κ1) is 19.7. The molecule has 1 rings (SSSR count). The van der Waals surface area contributed by atoms with Gasteiger partial charge in [0, 0.05) is 24.8 Å². The Bertz CT molecular complexity index is 280. The van der Waals surface area contributed by atoms with E-state index < -0.39 is 18.5 Å². The number of ether oxygens (including phenoxy) is 2. The molecule has 0 spiro atoms. The molecule has 0 aliphatic carbocycles. The minimum atomic E-state index is -0.838. The van der Waals surface area contributed by atoms with Crippen molar-refractivity contribution in [3.8, 4) is 12.8 Å². The first-order valence-corrected chi connectivity index (χ1v) is 7.73. The smallest absolute Gasteiger partial charge is 0.160 e. The van der Waals surface area contributed by atoms with Crippen molar-refractivity contribution in [3.63, 3.8) is 0 Å². The van der Waals surface area contributed by atoms with Gasteiger partial charge in [0.2, 0.25) is 0 Å². The lowest BCUT2D eigenvalue weighted by Crippen LogP contribution is -2.49. The average Bonchev–Trinajstić information content (AvgIpc) is 2.40. The zero-order chi connectivity index (χ0) is 15.8. The van der Waals surface area contributed by atoms with Gasteiger partial charge in [-0.15, -0.1) is 12.8 Å². The predicted octanol–water partition coefficient (Wildman–Crippen LogP) is 0.580. The molecule has 1 heterocycles. The summed E-state index contributed by atoms with van der Waals surface area (Å²) in [5.74, 6) is 1.54. The third-order valence-corrected chi connectivity index (χ3v) is 4.03. The van der Waals surface area contributed by atoms with Crippen LogP contribution in [0.4, 0.5) is 0 Å². The molecule has 20 heavy (non-hydrogen) atoms. The summed E-state index contributed by atoms with van der Waals surface area (Å²) in [5, 5.41) is 19.5. The minimum absolute atomic E-state index is 0.173. The van der Waals surface area contributed by atoms with Gasteiger partial charge in [-0.1, -0.05) is 0 Å². The molecular weight excluding hydrogens is 278 g/mol. The van der Waals surface area contributed by atoms with Crippen molar-refractivity contribution in [2.24, 2.45) is 5.73 Å². The van der Waals surface area contributed by atoms with E-state index in [0.29, 0.717) is 12.2 Å². The molecule has 118 valence electrons. The molecule has 1 aliphatic heterocycles. The summed E-state index contributed by atoms with van der Waals surface area (Å²) in [5.41, 5.74) is 5.72. The van der Waals surface area contributed by atoms with Crippen LogP contribution in [-0.4, -0.2) is 59.0 Å². The molecular formula is C14H27NO4S. The Labute approximate surface area is 126 Å². The number of aliphatic hydroxyl groups is 2. The van der Waals surface area contributed by atoms with Crippen molar-refractivity contribution in [2.75, 3.05) is 18.6 Å². The second-order valence-electron chi connectivity index (χ2n) is 5.45. The zero-order valence-electron chi connectivity index (χ0n) is 12.5. The fourth-order valence-corrected chi connectivity index (χ4v) is 3.08. The highest BCUT2D eigenvalue weighted by Crippen LogP contribution is 2.24. The van der Waals surface area contributed by atoms with E-state index in [1.54, 1.807) is 11.8 Å². The third-order valence-electron chi connectivity index (χ3n) is 2.97. The number of aliphatic hydroxyl groups excluding tert-OH is 2. The van der Waals surface area contributed by atoms with Gasteiger partial charge < -0.3 is 25.4 Å². The SMILES string of the molecule is C#C.CO[C@@H]1CC(O)[C@H](O)C(CSCCC(C)(C)N)O1. The highest BCUT2D eigenvalue weighted by atomic mass is 32.2. The first-order valence-electron chi connectivity index (χ1n) is 6.58. The van der Waals surface area contributed by atoms with E-state index in [2.05, 4.69) is 12.8 Å². The fraction of sp³-hybridized carbons (Fsp3) is 0.857. The Balaban J connectivity index is 0.00000172. The lowest BCUT2D eigenvalue weighted by Gasteiger charge is -2.36. The summed E-state index contributed by atoms with van der Waals surface area (Å²) in [4.78, 5) is 0. The van der Waals surface area contributed by atoms with Gasteiger partial charge in [-0.05, 0) is 26.0 Å². The van der Waals surface area contributed by atoms with Crippen LogP contribution in [0.25, 0.3) is 0 Å². The van der Waals surface area contributed by atoms with Crippen LogP contribution in [0.2, 0.25) is 0 Å². The summed E-state index contributed by atoms with van der Waals surface area (Å²) in [7, 11) is 1.54. The first-order chi connectivity index (χ1) is 9.33. The molecule has 2 unspecified atom stereocenters. The van der Waals surface area contributed by atoms with Crippen LogP contribution in [-0.2, 0) is 9.47 Å². The molecule has 0 aromatic heterocycles. The monoisotopic (exact) mass is 305 g/mol. The summed E-state index contributed by atoms with van der Waals surface area (Å²) >= 11 is 1.67. The van der Waals surface area contributed by atoms with Crippen LogP contribution in [0.3, 0.4) is 0 Å². The molecule has 0 saturated carbocycles. The summed E-state index contributed by atoms with van der Waals surface area (Å²) in [6.07, 6.45) is 6.78. The molecule has 1 fully saturated rings. The van der Waals surface area contributed by atoms with Gasteiger partial charge in [-0.25, -0.2) is 0 Å². The van der Waals surface area contributed by atoms with Crippen molar-refractivity contribution >= 4 is 11.8 Å². The molecule has 0 amide bonds. The Morgan fingerprint density at radius 3 is 2.50 bits per heavy atom. The molecule has 0 bridgehead atoms. The van der Waals surface area contributed by atoms with E-state index in [1.165, 1.54) is 7.11 Å². The highest BCUT2D eigenvalue weighted by Gasteiger charge is 2.36. The molecule has 6 heteroatoms. The van der Waals surface area contributed by atoms with E-state index in [1.807, 2.05) is 13.8 Å². The minimum Gasteiger partial charge on any atom is -0.390 e. The van der Waals surface area contributed by atoms with Crippen LogP contribution in [0.15, 0.2) is 0 Å². The Hall–Kier alpha value is -0.290. The number of hydrogen-bond acceptors (Lipinski definition) is 6. The van der Waals surface area contributed by atoms with Gasteiger partial charge in [0.15, 0.2) is 6.29 Å². The maximum Gasteiger partial charge on any atom is 0.160 e. The number of methoxy groups -OCH3 is 1. The number of thioether (sulfide) groups is 1. The van der Waals surface area contributed by atoms with Gasteiger partial charge in [0.05, 0.1) is 12.2 Å². The Morgan fingerprint density at radius 1 is 1.40 bits per heavy atom. The van der Waals surface area contributed by atoms with E-state index in [0.717, 1.165) is 12.2 Å². The maximum atomic E-state index is 9.84. The van der Waals surface area contributed by atoms with Gasteiger partial charge in [0.25, 0.3) is 0 Å². The second kappa shape index (κ2) is 9.61. The Kier molecular flexibility index (Phi) is 9.47. The predicted molar refractivity (Wildman–Crippen MR) is 82.4 cm³/mol. The normalized spacial score (nSPS) is 30.4. The number of nitrogens with two attached hydrogens (primary N) is 1. The van der Waals surface area contributed by atoms with Gasteiger partial charge in [-0.3, -0.25) is 0 Å². The quantitative estimate of drug-likeness (QED) is 0.492. The van der Waals surface area contributed by atoms with Crippen molar-refractivity contribution in [3.05, 3.63) is 0 Å². The molecule has 4 N–H and O–H groups in total. The summed E-state index contributed by atoms with van der Waals surface area (Å²) < 4.78 is 10.6. The van der Waals surface area contributed by atoms with E-state index in [9.17, 15) is 10.2 Å². The molecule has 5 nitrogen and oxygen atoms in total. The van der Waals surface area contributed by atoms with E-state index in [-0.39, 0.29) is 11.6 Å². The number of rotatable bonds is 6. The lowest BCUT2D eigenvalue weighted by molar-refractivity contribution is -0.235. The largest absolute Gasteiger partial charge is 0.390 e. The zero-order valence-corrected chi connectivity index (χ0v) is 13.3. The second-order valence-corrected chi connectivity index (χ2v) is 6.60. The van der Waals surface area contributed by atoms with Crippen molar-refractivity contribution in [2.45, 2.75) is 56.8 Å². The van der Waals surface area contributed by atoms with Gasteiger partial charge in [0.1, 0.15) is 6.10 Å². The van der Waals surface area contributed by atoms with Crippen LogP contribution in [0.1, 0.15) is 26.7 Å².